The highest BCUT2D eigenvalue weighted by atomic mass is 16.2. The molecule has 0 saturated carbocycles. The summed E-state index contributed by atoms with van der Waals surface area (Å²) in [5, 5.41) is 0. The van der Waals surface area contributed by atoms with E-state index < -0.39 is 0 Å². The van der Waals surface area contributed by atoms with Crippen molar-refractivity contribution in [3.8, 4) is 11.1 Å². The zero-order chi connectivity index (χ0) is 21.6. The van der Waals surface area contributed by atoms with Crippen LogP contribution in [0, 0.1) is 0 Å². The number of rotatable bonds is 6. The van der Waals surface area contributed by atoms with Gasteiger partial charge in [-0.05, 0) is 36.1 Å². The lowest BCUT2D eigenvalue weighted by molar-refractivity contribution is -0.128. The van der Waals surface area contributed by atoms with E-state index in [9.17, 15) is 4.79 Å². The molecule has 0 unspecified atom stereocenters. The highest BCUT2D eigenvalue weighted by Gasteiger charge is 2.23. The Morgan fingerprint density at radius 1 is 1.06 bits per heavy atom. The van der Waals surface area contributed by atoms with E-state index in [-0.39, 0.29) is 12.5 Å². The van der Waals surface area contributed by atoms with E-state index in [0.29, 0.717) is 12.5 Å². The molecule has 4 rings (SSSR count). The number of anilines is 1. The second-order valence-corrected chi connectivity index (χ2v) is 7.79. The van der Waals surface area contributed by atoms with Crippen molar-refractivity contribution in [1.29, 1.82) is 0 Å². The number of likely N-dealkylation sites (N-methyl/N-ethyl adjacent to an activating group) is 1. The standard InChI is InChI=1S/C23H27N7O/c1-29(21(31)13-24)16-17-4-2-5-19(12-17)20-14-27-23(28-15-20)30-10-6-18(7-11-30)22-25-8-3-9-26-22/h2-5,8-9,12,14-15,18H,6-7,10-11,13,16,24H2,1H3. The molecule has 1 aromatic carbocycles. The number of hydrogen-bond acceptors (Lipinski definition) is 7. The third kappa shape index (κ3) is 5.03. The molecule has 8 heteroatoms. The fraction of sp³-hybridized carbons (Fsp3) is 0.348. The van der Waals surface area contributed by atoms with Gasteiger partial charge in [0.15, 0.2) is 0 Å². The molecule has 0 aliphatic carbocycles. The Balaban J connectivity index is 1.40. The van der Waals surface area contributed by atoms with Crippen molar-refractivity contribution in [2.75, 3.05) is 31.6 Å². The molecule has 3 aromatic rings. The zero-order valence-corrected chi connectivity index (χ0v) is 17.7. The SMILES string of the molecule is CN(Cc1cccc(-c2cnc(N3CCC(c4ncccn4)CC3)nc2)c1)C(=O)CN. The van der Waals surface area contributed by atoms with Crippen LogP contribution < -0.4 is 10.6 Å². The Morgan fingerprint density at radius 2 is 1.77 bits per heavy atom. The Morgan fingerprint density at radius 3 is 2.45 bits per heavy atom. The molecule has 2 N–H and O–H groups in total. The van der Waals surface area contributed by atoms with Crippen LogP contribution in [0.25, 0.3) is 11.1 Å². The van der Waals surface area contributed by atoms with Gasteiger partial charge < -0.3 is 15.5 Å². The van der Waals surface area contributed by atoms with Gasteiger partial charge in [-0.3, -0.25) is 4.79 Å². The van der Waals surface area contributed by atoms with Crippen molar-refractivity contribution in [2.24, 2.45) is 5.73 Å². The molecule has 0 spiro atoms. The average molecular weight is 418 g/mol. The van der Waals surface area contributed by atoms with Crippen LogP contribution in [0.5, 0.6) is 0 Å². The lowest BCUT2D eigenvalue weighted by Gasteiger charge is -2.31. The minimum atomic E-state index is -0.0827. The Hall–Kier alpha value is -3.39. The quantitative estimate of drug-likeness (QED) is 0.656. The number of nitrogens with two attached hydrogens (primary N) is 1. The maximum Gasteiger partial charge on any atom is 0.236 e. The molecule has 1 amide bonds. The molecule has 2 aromatic heterocycles. The maximum atomic E-state index is 11.7. The Kier molecular flexibility index (Phi) is 6.47. The zero-order valence-electron chi connectivity index (χ0n) is 17.7. The van der Waals surface area contributed by atoms with Gasteiger partial charge >= 0.3 is 0 Å². The molecule has 0 bridgehead atoms. The number of hydrogen-bond donors (Lipinski definition) is 1. The van der Waals surface area contributed by atoms with Crippen molar-refractivity contribution in [3.63, 3.8) is 0 Å². The Bertz CT molecular complexity index is 1000. The molecule has 1 saturated heterocycles. The highest BCUT2D eigenvalue weighted by molar-refractivity contribution is 5.77. The van der Waals surface area contributed by atoms with Crippen LogP contribution in [0.3, 0.4) is 0 Å². The summed E-state index contributed by atoms with van der Waals surface area (Å²) in [6.07, 6.45) is 9.32. The van der Waals surface area contributed by atoms with Crippen LogP contribution in [0.1, 0.15) is 30.1 Å². The first kappa shape index (κ1) is 20.9. The van der Waals surface area contributed by atoms with Crippen LogP contribution in [-0.2, 0) is 11.3 Å². The lowest BCUT2D eigenvalue weighted by atomic mass is 9.96. The second kappa shape index (κ2) is 9.61. The van der Waals surface area contributed by atoms with E-state index in [0.717, 1.165) is 54.4 Å². The van der Waals surface area contributed by atoms with Crippen molar-refractivity contribution in [3.05, 3.63) is 66.5 Å². The first-order chi connectivity index (χ1) is 15.1. The molecule has 1 aliphatic heterocycles. The normalized spacial score (nSPS) is 14.5. The summed E-state index contributed by atoms with van der Waals surface area (Å²) >= 11 is 0. The second-order valence-electron chi connectivity index (χ2n) is 7.79. The van der Waals surface area contributed by atoms with Crippen LogP contribution in [-0.4, -0.2) is 57.4 Å². The van der Waals surface area contributed by atoms with E-state index in [2.05, 4.69) is 30.9 Å². The summed E-state index contributed by atoms with van der Waals surface area (Å²) in [5.74, 6) is 1.99. The first-order valence-corrected chi connectivity index (χ1v) is 10.5. The van der Waals surface area contributed by atoms with E-state index in [1.807, 2.05) is 36.7 Å². The molecule has 0 radical (unpaired) electrons. The van der Waals surface area contributed by atoms with Gasteiger partial charge in [0.25, 0.3) is 0 Å². The van der Waals surface area contributed by atoms with Crippen LogP contribution in [0.15, 0.2) is 55.1 Å². The number of nitrogens with zero attached hydrogens (tertiary/aromatic N) is 6. The summed E-state index contributed by atoms with van der Waals surface area (Å²) in [6.45, 7) is 2.31. The molecule has 3 heterocycles. The molecule has 1 aliphatic rings. The summed E-state index contributed by atoms with van der Waals surface area (Å²) in [4.78, 5) is 33.6. The van der Waals surface area contributed by atoms with Crippen LogP contribution in [0.2, 0.25) is 0 Å². The highest BCUT2D eigenvalue weighted by Crippen LogP contribution is 2.27. The number of benzene rings is 1. The fourth-order valence-corrected chi connectivity index (χ4v) is 3.86. The van der Waals surface area contributed by atoms with Gasteiger partial charge in [-0.1, -0.05) is 18.2 Å². The molecule has 0 atom stereocenters. The predicted molar refractivity (Wildman–Crippen MR) is 119 cm³/mol. The molecule has 31 heavy (non-hydrogen) atoms. The van der Waals surface area contributed by atoms with E-state index in [1.54, 1.807) is 24.3 Å². The van der Waals surface area contributed by atoms with E-state index >= 15 is 0 Å². The topological polar surface area (TPSA) is 101 Å². The maximum absolute atomic E-state index is 11.7. The monoisotopic (exact) mass is 417 g/mol. The largest absolute Gasteiger partial charge is 0.341 e. The number of carbonyl (C=O) groups excluding carboxylic acids is 1. The minimum absolute atomic E-state index is 0.0150. The number of amides is 1. The van der Waals surface area contributed by atoms with Crippen LogP contribution in [0.4, 0.5) is 5.95 Å². The van der Waals surface area contributed by atoms with Gasteiger partial charge in [-0.2, -0.15) is 0 Å². The van der Waals surface area contributed by atoms with Crippen molar-refractivity contribution < 1.29 is 4.79 Å². The first-order valence-electron chi connectivity index (χ1n) is 10.5. The summed E-state index contributed by atoms with van der Waals surface area (Å²) in [7, 11) is 1.76. The van der Waals surface area contributed by atoms with Crippen molar-refractivity contribution >= 4 is 11.9 Å². The van der Waals surface area contributed by atoms with Gasteiger partial charge in [-0.15, -0.1) is 0 Å². The van der Waals surface area contributed by atoms with Gasteiger partial charge in [-0.25, -0.2) is 19.9 Å². The molecule has 160 valence electrons. The van der Waals surface area contributed by atoms with Gasteiger partial charge in [0.05, 0.1) is 6.54 Å². The number of piperidine rings is 1. The molecular formula is C23H27N7O. The van der Waals surface area contributed by atoms with Gasteiger partial charge in [0, 0.05) is 63.0 Å². The molecule has 1 fully saturated rings. The van der Waals surface area contributed by atoms with Crippen molar-refractivity contribution in [1.82, 2.24) is 24.8 Å². The third-order valence-corrected chi connectivity index (χ3v) is 5.65. The fourth-order valence-electron chi connectivity index (χ4n) is 3.86. The number of carbonyl (C=O) groups is 1. The van der Waals surface area contributed by atoms with E-state index in [1.165, 1.54) is 0 Å². The third-order valence-electron chi connectivity index (χ3n) is 5.65. The minimum Gasteiger partial charge on any atom is -0.341 e. The molecule has 8 nitrogen and oxygen atoms in total. The Labute approximate surface area is 182 Å². The number of aromatic nitrogens is 4. The van der Waals surface area contributed by atoms with Gasteiger partial charge in [0.1, 0.15) is 5.82 Å². The predicted octanol–water partition coefficient (Wildman–Crippen LogP) is 2.23. The summed E-state index contributed by atoms with van der Waals surface area (Å²) in [6, 6.07) is 9.92. The van der Waals surface area contributed by atoms with Gasteiger partial charge in [0.2, 0.25) is 11.9 Å². The smallest absolute Gasteiger partial charge is 0.236 e. The average Bonchev–Trinajstić information content (AvgIpc) is 2.84. The lowest BCUT2D eigenvalue weighted by Crippen LogP contribution is -2.34. The summed E-state index contributed by atoms with van der Waals surface area (Å²) < 4.78 is 0. The van der Waals surface area contributed by atoms with E-state index in [4.69, 9.17) is 5.73 Å². The van der Waals surface area contributed by atoms with Crippen LogP contribution >= 0.6 is 0 Å². The molecular weight excluding hydrogens is 390 g/mol. The summed E-state index contributed by atoms with van der Waals surface area (Å²) in [5.41, 5.74) is 8.46. The van der Waals surface area contributed by atoms with Crippen molar-refractivity contribution in [2.45, 2.75) is 25.3 Å².